The van der Waals surface area contributed by atoms with Gasteiger partial charge in [0.2, 0.25) is 0 Å². The second-order valence-electron chi connectivity index (χ2n) is 13.1. The average Bonchev–Trinajstić information content (AvgIpc) is 2.69. The molecule has 3 rings (SSSR count). The van der Waals surface area contributed by atoms with Gasteiger partial charge in [0, 0.05) is 0 Å². The first-order valence-electron chi connectivity index (χ1n) is 12.6. The minimum Gasteiger partial charge on any atom is -0.0578 e. The van der Waals surface area contributed by atoms with E-state index in [4.69, 9.17) is 0 Å². The lowest BCUT2D eigenvalue weighted by atomic mass is 9.86. The van der Waals surface area contributed by atoms with Gasteiger partial charge in [0.25, 0.3) is 0 Å². The van der Waals surface area contributed by atoms with Crippen LogP contribution < -0.4 is 15.9 Å². The molecule has 3 aromatic carbocycles. The summed E-state index contributed by atoms with van der Waals surface area (Å²) in [7, 11) is -0.653. The highest BCUT2D eigenvalue weighted by atomic mass is 31.1. The molecule has 0 spiro atoms. The number of hydrogen-bond donors (Lipinski definition) is 0. The molecule has 0 unspecified atom stereocenters. The summed E-state index contributed by atoms with van der Waals surface area (Å²) in [5.74, 6) is 0. The van der Waals surface area contributed by atoms with Gasteiger partial charge in [-0.1, -0.05) is 117 Å². The Bertz CT molecular complexity index is 1030. The third-order valence-corrected chi connectivity index (χ3v) is 9.86. The van der Waals surface area contributed by atoms with Crippen molar-refractivity contribution < 1.29 is 0 Å². The lowest BCUT2D eigenvalue weighted by Gasteiger charge is -2.29. The monoisotopic (exact) mass is 472 g/mol. The van der Waals surface area contributed by atoms with Crippen LogP contribution in [0.15, 0.2) is 54.6 Å². The van der Waals surface area contributed by atoms with Gasteiger partial charge >= 0.3 is 0 Å². The normalized spacial score (nSPS) is 13.0. The Morgan fingerprint density at radius 3 is 0.824 bits per heavy atom. The molecule has 0 saturated heterocycles. The molecule has 0 atom stereocenters. The SMILES string of the molecule is Cc1cc(C(C)(C)C)ccc1P(c1ccc(C(C)(C)C)cc1C)c1ccc(C(C)(C)C)cc1C. The molecule has 0 amide bonds. The number of rotatable bonds is 3. The van der Waals surface area contributed by atoms with E-state index in [-0.39, 0.29) is 16.2 Å². The first kappa shape index (κ1) is 26.7. The largest absolute Gasteiger partial charge is 0.0578 e. The Balaban J connectivity index is 2.26. The van der Waals surface area contributed by atoms with Crippen molar-refractivity contribution in [2.75, 3.05) is 0 Å². The number of benzene rings is 3. The minimum absolute atomic E-state index is 0.153. The van der Waals surface area contributed by atoms with Crippen molar-refractivity contribution in [3.05, 3.63) is 88.0 Å². The van der Waals surface area contributed by atoms with Gasteiger partial charge in [-0.25, -0.2) is 0 Å². The molecule has 0 aromatic heterocycles. The Morgan fingerprint density at radius 2 is 0.647 bits per heavy atom. The van der Waals surface area contributed by atoms with E-state index < -0.39 is 7.92 Å². The lowest BCUT2D eigenvalue weighted by molar-refractivity contribution is 0.590. The van der Waals surface area contributed by atoms with Crippen LogP contribution in [0.2, 0.25) is 0 Å². The van der Waals surface area contributed by atoms with E-state index in [0.717, 1.165) is 0 Å². The van der Waals surface area contributed by atoms with E-state index in [1.54, 1.807) is 0 Å². The average molecular weight is 473 g/mol. The number of aryl methyl sites for hydroxylation is 3. The third-order valence-electron chi connectivity index (χ3n) is 6.91. The standard InChI is InChI=1S/C33H45P/c1-22-19-25(31(4,5)6)13-16-28(22)34(29-17-14-26(20-23(29)2)32(7,8)9)30-18-15-27(21-24(30)3)33(10,11)12/h13-21H,1-12H3. The van der Waals surface area contributed by atoms with E-state index >= 15 is 0 Å². The van der Waals surface area contributed by atoms with E-state index in [9.17, 15) is 0 Å². The van der Waals surface area contributed by atoms with Crippen molar-refractivity contribution in [3.8, 4) is 0 Å². The molecule has 0 N–H and O–H groups in total. The van der Waals surface area contributed by atoms with Crippen LogP contribution in [0.1, 0.15) is 95.7 Å². The van der Waals surface area contributed by atoms with E-state index in [1.807, 2.05) is 0 Å². The summed E-state index contributed by atoms with van der Waals surface area (Å²) < 4.78 is 0. The molecule has 0 fully saturated rings. The van der Waals surface area contributed by atoms with Gasteiger partial charge in [0.15, 0.2) is 0 Å². The molecule has 0 radical (unpaired) electrons. The molecule has 0 heterocycles. The van der Waals surface area contributed by atoms with Crippen molar-refractivity contribution in [1.29, 1.82) is 0 Å². The van der Waals surface area contributed by atoms with Crippen molar-refractivity contribution in [3.63, 3.8) is 0 Å². The van der Waals surface area contributed by atoms with Gasteiger partial charge in [-0.15, -0.1) is 0 Å². The van der Waals surface area contributed by atoms with Crippen molar-refractivity contribution >= 4 is 23.8 Å². The summed E-state index contributed by atoms with van der Waals surface area (Å²) in [6.45, 7) is 27.6. The van der Waals surface area contributed by atoms with Gasteiger partial charge in [0.1, 0.15) is 0 Å². The molecule has 182 valence electrons. The Kier molecular flexibility index (Phi) is 7.28. The summed E-state index contributed by atoms with van der Waals surface area (Å²) in [6, 6.07) is 21.6. The highest BCUT2D eigenvalue weighted by Gasteiger charge is 2.26. The predicted molar refractivity (Wildman–Crippen MR) is 155 cm³/mol. The Morgan fingerprint density at radius 1 is 0.412 bits per heavy atom. The van der Waals surface area contributed by atoms with Crippen LogP contribution in [0, 0.1) is 20.8 Å². The van der Waals surface area contributed by atoms with Gasteiger partial charge in [-0.3, -0.25) is 0 Å². The van der Waals surface area contributed by atoms with Crippen molar-refractivity contribution in [2.24, 2.45) is 0 Å². The van der Waals surface area contributed by atoms with Crippen LogP contribution in [0.4, 0.5) is 0 Å². The maximum absolute atomic E-state index is 2.42. The highest BCUT2D eigenvalue weighted by molar-refractivity contribution is 7.80. The van der Waals surface area contributed by atoms with Crippen molar-refractivity contribution in [1.82, 2.24) is 0 Å². The maximum Gasteiger partial charge on any atom is -0.0122 e. The topological polar surface area (TPSA) is 0 Å². The fourth-order valence-electron chi connectivity index (χ4n) is 4.51. The van der Waals surface area contributed by atoms with Crippen LogP contribution in [-0.4, -0.2) is 0 Å². The zero-order chi connectivity index (χ0) is 25.6. The summed E-state index contributed by atoms with van der Waals surface area (Å²) in [4.78, 5) is 0. The van der Waals surface area contributed by atoms with Gasteiger partial charge in [-0.2, -0.15) is 0 Å². The molecular formula is C33H45P. The summed E-state index contributed by atoms with van der Waals surface area (Å²) >= 11 is 0. The van der Waals surface area contributed by atoms with Gasteiger partial charge in [0.05, 0.1) is 0 Å². The van der Waals surface area contributed by atoms with Crippen LogP contribution in [0.3, 0.4) is 0 Å². The maximum atomic E-state index is 2.42. The Hall–Kier alpha value is -1.91. The van der Waals surface area contributed by atoms with E-state index in [0.29, 0.717) is 0 Å². The first-order valence-corrected chi connectivity index (χ1v) is 14.0. The minimum atomic E-state index is -0.653. The third kappa shape index (κ3) is 5.66. The zero-order valence-corrected chi connectivity index (χ0v) is 24.5. The number of hydrogen-bond acceptors (Lipinski definition) is 0. The molecule has 1 heteroatoms. The fourth-order valence-corrected chi connectivity index (χ4v) is 7.21. The smallest absolute Gasteiger partial charge is 0.0122 e. The van der Waals surface area contributed by atoms with Crippen LogP contribution in [0.25, 0.3) is 0 Å². The molecule has 0 aliphatic heterocycles. The summed E-state index contributed by atoms with van der Waals surface area (Å²) in [5.41, 5.74) is 8.88. The molecule has 0 aliphatic rings. The van der Waals surface area contributed by atoms with Crippen LogP contribution in [0.5, 0.6) is 0 Å². The first-order chi connectivity index (χ1) is 15.5. The second kappa shape index (κ2) is 9.28. The Labute approximate surface area is 211 Å². The molecule has 0 aliphatic carbocycles. The fraction of sp³-hybridized carbons (Fsp3) is 0.455. The van der Waals surface area contributed by atoms with Crippen LogP contribution >= 0.6 is 7.92 Å². The molecule has 0 nitrogen and oxygen atoms in total. The lowest BCUT2D eigenvalue weighted by Crippen LogP contribution is -2.27. The van der Waals surface area contributed by atoms with Crippen LogP contribution in [-0.2, 0) is 16.2 Å². The molecule has 3 aromatic rings. The molecule has 0 bridgehead atoms. The van der Waals surface area contributed by atoms with Gasteiger partial charge < -0.3 is 0 Å². The molecular weight excluding hydrogens is 427 g/mol. The summed E-state index contributed by atoms with van der Waals surface area (Å²) in [5, 5.41) is 4.42. The predicted octanol–water partition coefficient (Wildman–Crippen LogP) is 8.26. The molecule has 0 saturated carbocycles. The van der Waals surface area contributed by atoms with E-state index in [2.05, 4.69) is 138 Å². The second-order valence-corrected chi connectivity index (χ2v) is 15.2. The van der Waals surface area contributed by atoms with Crippen molar-refractivity contribution in [2.45, 2.75) is 99.3 Å². The van der Waals surface area contributed by atoms with E-state index in [1.165, 1.54) is 49.3 Å². The zero-order valence-electron chi connectivity index (χ0n) is 23.6. The molecule has 34 heavy (non-hydrogen) atoms. The highest BCUT2D eigenvalue weighted by Crippen LogP contribution is 2.39. The quantitative estimate of drug-likeness (QED) is 0.337. The summed E-state index contributed by atoms with van der Waals surface area (Å²) in [6.07, 6.45) is 0. The van der Waals surface area contributed by atoms with Gasteiger partial charge in [-0.05, 0) is 94.2 Å².